The number of hydrogen-bond donors (Lipinski definition) is 1. The minimum Gasteiger partial charge on any atom is -0.355 e. The molecule has 2 aromatic carbocycles. The Bertz CT molecular complexity index is 1020. The lowest BCUT2D eigenvalue weighted by molar-refractivity contribution is -0.126. The minimum absolute atomic E-state index is 0.0700. The summed E-state index contributed by atoms with van der Waals surface area (Å²) in [5.41, 5.74) is 1.31. The number of anilines is 1. The minimum atomic E-state index is 0.0700. The van der Waals surface area contributed by atoms with Gasteiger partial charge in [-0.1, -0.05) is 58.0 Å². The summed E-state index contributed by atoms with van der Waals surface area (Å²) >= 11 is 5.06. The number of piperidine rings is 1. The molecule has 1 fully saturated rings. The first kappa shape index (κ1) is 23.8. The third-order valence-electron chi connectivity index (χ3n) is 5.95. The van der Waals surface area contributed by atoms with E-state index in [0.717, 1.165) is 59.0 Å². The number of aromatic nitrogens is 2. The van der Waals surface area contributed by atoms with Crippen molar-refractivity contribution in [3.8, 4) is 0 Å². The van der Waals surface area contributed by atoms with Gasteiger partial charge in [0.1, 0.15) is 5.03 Å². The van der Waals surface area contributed by atoms with Crippen molar-refractivity contribution in [1.82, 2.24) is 15.5 Å². The molecule has 1 N–H and O–H groups in total. The zero-order chi connectivity index (χ0) is 23.0. The van der Waals surface area contributed by atoms with Crippen LogP contribution in [0.15, 0.2) is 81.1 Å². The first-order chi connectivity index (χ1) is 16.1. The van der Waals surface area contributed by atoms with Crippen LogP contribution in [0, 0.1) is 5.92 Å². The predicted molar refractivity (Wildman–Crippen MR) is 138 cm³/mol. The van der Waals surface area contributed by atoms with E-state index >= 15 is 0 Å². The SMILES string of the molecule is CC(CCc1ccccc1)NC(=O)C1CCN(c2ccc(Sc3ccc(Br)cc3)nn2)CC1. The van der Waals surface area contributed by atoms with E-state index in [0.29, 0.717) is 0 Å². The first-order valence-electron chi connectivity index (χ1n) is 11.4. The molecule has 1 aliphatic rings. The summed E-state index contributed by atoms with van der Waals surface area (Å²) < 4.78 is 1.06. The van der Waals surface area contributed by atoms with Crippen molar-refractivity contribution in [2.75, 3.05) is 18.0 Å². The third kappa shape index (κ3) is 7.05. The monoisotopic (exact) mass is 524 g/mol. The Balaban J connectivity index is 1.21. The highest BCUT2D eigenvalue weighted by Crippen LogP contribution is 2.28. The maximum Gasteiger partial charge on any atom is 0.223 e. The molecule has 5 nitrogen and oxygen atoms in total. The Hall–Kier alpha value is -2.38. The van der Waals surface area contributed by atoms with Gasteiger partial charge < -0.3 is 10.2 Å². The molecule has 0 saturated carbocycles. The molecule has 1 aliphatic heterocycles. The summed E-state index contributed by atoms with van der Waals surface area (Å²) in [4.78, 5) is 16.1. The molecule has 0 bridgehead atoms. The normalized spacial score (nSPS) is 15.3. The Morgan fingerprint density at radius 2 is 1.79 bits per heavy atom. The summed E-state index contributed by atoms with van der Waals surface area (Å²) in [6.45, 7) is 3.74. The molecule has 33 heavy (non-hydrogen) atoms. The molecule has 1 amide bonds. The second kappa shape index (κ2) is 11.7. The van der Waals surface area contributed by atoms with Crippen molar-refractivity contribution < 1.29 is 4.79 Å². The fourth-order valence-corrected chi connectivity index (χ4v) is 4.99. The number of carbonyl (C=O) groups excluding carboxylic acids is 1. The number of hydrogen-bond acceptors (Lipinski definition) is 5. The molecule has 0 radical (unpaired) electrons. The van der Waals surface area contributed by atoms with Crippen LogP contribution in [0.25, 0.3) is 0 Å². The van der Waals surface area contributed by atoms with Gasteiger partial charge in [-0.25, -0.2) is 0 Å². The molecule has 4 rings (SSSR count). The average molecular weight is 526 g/mol. The Morgan fingerprint density at radius 3 is 2.45 bits per heavy atom. The number of carbonyl (C=O) groups is 1. The summed E-state index contributed by atoms with van der Waals surface area (Å²) in [6, 6.07) is 22.8. The molecule has 3 aromatic rings. The lowest BCUT2D eigenvalue weighted by atomic mass is 9.95. The molecular weight excluding hydrogens is 496 g/mol. The van der Waals surface area contributed by atoms with Crippen LogP contribution in [0.3, 0.4) is 0 Å². The first-order valence-corrected chi connectivity index (χ1v) is 13.0. The largest absolute Gasteiger partial charge is 0.355 e. The highest BCUT2D eigenvalue weighted by Gasteiger charge is 2.26. The lowest BCUT2D eigenvalue weighted by Gasteiger charge is -2.32. The molecular formula is C26H29BrN4OS. The van der Waals surface area contributed by atoms with Crippen molar-refractivity contribution in [1.29, 1.82) is 0 Å². The molecule has 0 aliphatic carbocycles. The molecule has 0 spiro atoms. The van der Waals surface area contributed by atoms with Gasteiger partial charge in [-0.05, 0) is 74.6 Å². The van der Waals surface area contributed by atoms with Gasteiger partial charge >= 0.3 is 0 Å². The van der Waals surface area contributed by atoms with Gasteiger partial charge in [0.05, 0.1) is 0 Å². The van der Waals surface area contributed by atoms with Crippen molar-refractivity contribution >= 4 is 39.4 Å². The number of nitrogens with zero attached hydrogens (tertiary/aromatic N) is 3. The molecule has 1 saturated heterocycles. The van der Waals surface area contributed by atoms with E-state index < -0.39 is 0 Å². The molecule has 2 heterocycles. The molecule has 1 atom stereocenters. The van der Waals surface area contributed by atoms with Crippen LogP contribution >= 0.6 is 27.7 Å². The number of halogens is 1. The van der Waals surface area contributed by atoms with Gasteiger partial charge in [0.15, 0.2) is 5.82 Å². The summed E-state index contributed by atoms with van der Waals surface area (Å²) in [6.07, 6.45) is 3.62. The van der Waals surface area contributed by atoms with E-state index in [1.165, 1.54) is 5.56 Å². The van der Waals surface area contributed by atoms with Crippen LogP contribution in [0.2, 0.25) is 0 Å². The van der Waals surface area contributed by atoms with Crippen LogP contribution < -0.4 is 10.2 Å². The van der Waals surface area contributed by atoms with E-state index in [9.17, 15) is 4.79 Å². The Kier molecular flexibility index (Phi) is 8.40. The predicted octanol–water partition coefficient (Wildman–Crippen LogP) is 5.74. The summed E-state index contributed by atoms with van der Waals surface area (Å²) in [7, 11) is 0. The highest BCUT2D eigenvalue weighted by atomic mass is 79.9. The van der Waals surface area contributed by atoms with E-state index in [-0.39, 0.29) is 17.9 Å². The van der Waals surface area contributed by atoms with Crippen LogP contribution in [0.1, 0.15) is 31.7 Å². The molecule has 172 valence electrons. The fourth-order valence-electron chi connectivity index (χ4n) is 3.99. The van der Waals surface area contributed by atoms with Gasteiger partial charge in [-0.3, -0.25) is 4.79 Å². The van der Waals surface area contributed by atoms with Crippen LogP contribution in [-0.4, -0.2) is 35.2 Å². The second-order valence-electron chi connectivity index (χ2n) is 8.48. The average Bonchev–Trinajstić information content (AvgIpc) is 2.85. The van der Waals surface area contributed by atoms with E-state index in [1.807, 2.05) is 30.3 Å². The van der Waals surface area contributed by atoms with Crippen molar-refractivity contribution in [3.63, 3.8) is 0 Å². The van der Waals surface area contributed by atoms with Gasteiger partial charge in [-0.2, -0.15) is 0 Å². The van der Waals surface area contributed by atoms with E-state index in [2.05, 4.69) is 79.7 Å². The quantitative estimate of drug-likeness (QED) is 0.406. The Morgan fingerprint density at radius 1 is 1.06 bits per heavy atom. The van der Waals surface area contributed by atoms with Crippen molar-refractivity contribution in [2.45, 2.75) is 48.6 Å². The van der Waals surface area contributed by atoms with Gasteiger partial charge in [0.25, 0.3) is 0 Å². The number of rotatable bonds is 8. The standard InChI is InChI=1S/C26H29BrN4OS/c1-19(7-8-20-5-3-2-4-6-20)28-26(32)21-15-17-31(18-16-21)24-13-14-25(30-29-24)33-23-11-9-22(27)10-12-23/h2-6,9-14,19,21H,7-8,15-18H2,1H3,(H,28,32). The van der Waals surface area contributed by atoms with Gasteiger partial charge in [0, 0.05) is 34.4 Å². The van der Waals surface area contributed by atoms with Crippen molar-refractivity contribution in [3.05, 3.63) is 76.8 Å². The van der Waals surface area contributed by atoms with E-state index in [4.69, 9.17) is 0 Å². The number of benzene rings is 2. The third-order valence-corrected chi connectivity index (χ3v) is 7.41. The van der Waals surface area contributed by atoms with Crippen LogP contribution in [0.4, 0.5) is 5.82 Å². The maximum absolute atomic E-state index is 12.7. The van der Waals surface area contributed by atoms with Gasteiger partial charge in [0.2, 0.25) is 5.91 Å². The Labute approximate surface area is 208 Å². The fraction of sp³-hybridized carbons (Fsp3) is 0.346. The van der Waals surface area contributed by atoms with Crippen LogP contribution in [0.5, 0.6) is 0 Å². The second-order valence-corrected chi connectivity index (χ2v) is 10.5. The topological polar surface area (TPSA) is 58.1 Å². The molecule has 1 aromatic heterocycles. The number of aryl methyl sites for hydroxylation is 1. The van der Waals surface area contributed by atoms with Crippen LogP contribution in [-0.2, 0) is 11.2 Å². The summed E-state index contributed by atoms with van der Waals surface area (Å²) in [5.74, 6) is 1.13. The maximum atomic E-state index is 12.7. The highest BCUT2D eigenvalue weighted by molar-refractivity contribution is 9.10. The number of amides is 1. The van der Waals surface area contributed by atoms with Gasteiger partial charge in [-0.15, -0.1) is 10.2 Å². The van der Waals surface area contributed by atoms with Crippen molar-refractivity contribution in [2.24, 2.45) is 5.92 Å². The van der Waals surface area contributed by atoms with E-state index in [1.54, 1.807) is 11.8 Å². The zero-order valence-electron chi connectivity index (χ0n) is 18.8. The lowest BCUT2D eigenvalue weighted by Crippen LogP contribution is -2.43. The summed E-state index contributed by atoms with van der Waals surface area (Å²) in [5, 5.41) is 12.9. The number of nitrogens with one attached hydrogen (secondary N) is 1. The molecule has 1 unspecified atom stereocenters. The molecule has 7 heteroatoms. The smallest absolute Gasteiger partial charge is 0.223 e. The zero-order valence-corrected chi connectivity index (χ0v) is 21.2.